The molecule has 0 saturated carbocycles. The van der Waals surface area contributed by atoms with Gasteiger partial charge in [0.2, 0.25) is 0 Å². The molecule has 0 atom stereocenters. The van der Waals surface area contributed by atoms with Crippen molar-refractivity contribution in [3.63, 3.8) is 0 Å². The smallest absolute Gasteiger partial charge is 0.266 e. The normalized spacial score (nSPS) is 17.4. The number of halogens is 2. The number of amidine groups is 1. The van der Waals surface area contributed by atoms with E-state index in [2.05, 4.69) is 4.99 Å². The van der Waals surface area contributed by atoms with E-state index >= 15 is 0 Å². The minimum absolute atomic E-state index is 0.0603. The van der Waals surface area contributed by atoms with Crippen molar-refractivity contribution >= 4 is 52.1 Å². The number of ether oxygens (including phenoxy) is 1. The Balaban J connectivity index is 1.74. The number of benzene rings is 2. The van der Waals surface area contributed by atoms with Crippen LogP contribution >= 0.6 is 35.0 Å². The lowest BCUT2D eigenvalue weighted by Crippen LogP contribution is -2.23. The van der Waals surface area contributed by atoms with E-state index in [0.29, 0.717) is 32.5 Å². The summed E-state index contributed by atoms with van der Waals surface area (Å²) in [5, 5.41) is 1.84. The fourth-order valence-corrected chi connectivity index (χ4v) is 3.78. The zero-order valence-corrected chi connectivity index (χ0v) is 16.5. The number of aliphatic imine (C=N–C) groups is 1. The first-order valence-electron chi connectivity index (χ1n) is 7.79. The number of thioether (sulfide) groups is 1. The van der Waals surface area contributed by atoms with E-state index in [1.807, 2.05) is 36.4 Å². The van der Waals surface area contributed by atoms with Gasteiger partial charge in [-0.15, -0.1) is 0 Å². The van der Waals surface area contributed by atoms with Crippen molar-refractivity contribution in [1.29, 1.82) is 0 Å². The summed E-state index contributed by atoms with van der Waals surface area (Å²) in [6, 6.07) is 12.9. The van der Waals surface area contributed by atoms with Crippen LogP contribution in [0.1, 0.15) is 11.1 Å². The standard InChI is InChI=1S/C19H16Cl2N2O2S/c1-22-19-23(2)18(24)17(26-19)9-12-4-3-5-15(8-12)25-11-13-6-7-14(20)10-16(13)21/h3-10H,11H2,1-2H3/b17-9+,22-19?. The zero-order valence-electron chi connectivity index (χ0n) is 14.2. The van der Waals surface area contributed by atoms with Crippen LogP contribution in [-0.2, 0) is 11.4 Å². The second kappa shape index (κ2) is 8.16. The van der Waals surface area contributed by atoms with E-state index in [1.165, 1.54) is 11.8 Å². The predicted molar refractivity (Wildman–Crippen MR) is 109 cm³/mol. The largest absolute Gasteiger partial charge is 0.489 e. The van der Waals surface area contributed by atoms with Gasteiger partial charge in [0.15, 0.2) is 5.17 Å². The van der Waals surface area contributed by atoms with E-state index in [-0.39, 0.29) is 5.91 Å². The van der Waals surface area contributed by atoms with Crippen molar-refractivity contribution in [3.05, 3.63) is 68.5 Å². The maximum Gasteiger partial charge on any atom is 0.266 e. The molecule has 7 heteroatoms. The zero-order chi connectivity index (χ0) is 18.7. The third-order valence-corrected chi connectivity index (χ3v) is 5.50. The van der Waals surface area contributed by atoms with Gasteiger partial charge in [-0.1, -0.05) is 41.4 Å². The minimum Gasteiger partial charge on any atom is -0.489 e. The van der Waals surface area contributed by atoms with Gasteiger partial charge in [0.05, 0.1) is 4.91 Å². The number of amides is 1. The van der Waals surface area contributed by atoms with Gasteiger partial charge in [-0.2, -0.15) is 0 Å². The van der Waals surface area contributed by atoms with Gasteiger partial charge in [0.25, 0.3) is 5.91 Å². The summed E-state index contributed by atoms with van der Waals surface area (Å²) >= 11 is 13.4. The van der Waals surface area contributed by atoms with Crippen molar-refractivity contribution < 1.29 is 9.53 Å². The number of hydrogen-bond acceptors (Lipinski definition) is 4. The molecule has 1 fully saturated rings. The molecule has 0 radical (unpaired) electrons. The summed E-state index contributed by atoms with van der Waals surface area (Å²) in [5.74, 6) is 0.633. The second-order valence-corrected chi connectivity index (χ2v) is 7.43. The van der Waals surface area contributed by atoms with Gasteiger partial charge < -0.3 is 4.74 Å². The third kappa shape index (κ3) is 4.23. The monoisotopic (exact) mass is 406 g/mol. The van der Waals surface area contributed by atoms with Crippen LogP contribution in [0.5, 0.6) is 5.75 Å². The lowest BCUT2D eigenvalue weighted by atomic mass is 10.2. The number of nitrogens with zero attached hydrogens (tertiary/aromatic N) is 2. The molecule has 1 saturated heterocycles. The maximum absolute atomic E-state index is 12.2. The van der Waals surface area contributed by atoms with E-state index in [4.69, 9.17) is 27.9 Å². The molecule has 1 aliphatic rings. The van der Waals surface area contributed by atoms with Gasteiger partial charge >= 0.3 is 0 Å². The summed E-state index contributed by atoms with van der Waals surface area (Å²) in [7, 11) is 3.39. The lowest BCUT2D eigenvalue weighted by Gasteiger charge is -2.09. The van der Waals surface area contributed by atoms with Crippen molar-refractivity contribution in [2.45, 2.75) is 6.61 Å². The Morgan fingerprint density at radius 3 is 2.73 bits per heavy atom. The Kier molecular flexibility index (Phi) is 5.91. The maximum atomic E-state index is 12.2. The van der Waals surface area contributed by atoms with Crippen LogP contribution in [-0.4, -0.2) is 30.1 Å². The van der Waals surface area contributed by atoms with Gasteiger partial charge in [0.1, 0.15) is 12.4 Å². The first kappa shape index (κ1) is 18.8. The third-order valence-electron chi connectivity index (χ3n) is 3.76. The molecule has 0 aromatic heterocycles. The summed E-state index contributed by atoms with van der Waals surface area (Å²) in [6.07, 6.45) is 1.84. The highest BCUT2D eigenvalue weighted by Gasteiger charge is 2.29. The average molecular weight is 407 g/mol. The van der Waals surface area contributed by atoms with Gasteiger partial charge in [0, 0.05) is 29.7 Å². The molecule has 2 aromatic carbocycles. The molecular weight excluding hydrogens is 391 g/mol. The number of carbonyl (C=O) groups is 1. The molecule has 0 N–H and O–H groups in total. The van der Waals surface area contributed by atoms with Crippen LogP contribution in [0, 0.1) is 0 Å². The number of rotatable bonds is 4. The molecule has 1 amide bonds. The molecule has 134 valence electrons. The summed E-state index contributed by atoms with van der Waals surface area (Å²) in [4.78, 5) is 18.5. The first-order chi connectivity index (χ1) is 12.5. The lowest BCUT2D eigenvalue weighted by molar-refractivity contribution is -0.121. The SMILES string of the molecule is CN=C1S/C(=C/c2cccc(OCc3ccc(Cl)cc3Cl)c2)C(=O)N1C. The Hall–Kier alpha value is -1.95. The summed E-state index contributed by atoms with van der Waals surface area (Å²) in [5.41, 5.74) is 1.73. The fourth-order valence-electron chi connectivity index (χ4n) is 2.39. The molecule has 1 aliphatic heterocycles. The minimum atomic E-state index is -0.0603. The number of hydrogen-bond donors (Lipinski definition) is 0. The van der Waals surface area contributed by atoms with Gasteiger partial charge in [-0.05, 0) is 47.7 Å². The fraction of sp³-hybridized carbons (Fsp3) is 0.158. The van der Waals surface area contributed by atoms with Crippen LogP contribution in [0.15, 0.2) is 52.4 Å². The molecule has 26 heavy (non-hydrogen) atoms. The van der Waals surface area contributed by atoms with Gasteiger partial charge in [-0.25, -0.2) is 0 Å². The molecule has 4 nitrogen and oxygen atoms in total. The molecule has 0 aliphatic carbocycles. The highest BCUT2D eigenvalue weighted by Crippen LogP contribution is 2.31. The highest BCUT2D eigenvalue weighted by atomic mass is 35.5. The van der Waals surface area contributed by atoms with Gasteiger partial charge in [-0.3, -0.25) is 14.7 Å². The van der Waals surface area contributed by atoms with Crippen LogP contribution in [0.2, 0.25) is 10.0 Å². The number of carbonyl (C=O) groups excluding carboxylic acids is 1. The van der Waals surface area contributed by atoms with Crippen molar-refractivity contribution in [2.75, 3.05) is 14.1 Å². The van der Waals surface area contributed by atoms with E-state index < -0.39 is 0 Å². The summed E-state index contributed by atoms with van der Waals surface area (Å²) < 4.78 is 5.83. The van der Waals surface area contributed by atoms with E-state index in [9.17, 15) is 4.79 Å². The molecule has 0 bridgehead atoms. The van der Waals surface area contributed by atoms with Crippen molar-refractivity contribution in [3.8, 4) is 5.75 Å². The quantitative estimate of drug-likeness (QED) is 0.662. The van der Waals surface area contributed by atoms with Crippen LogP contribution in [0.4, 0.5) is 0 Å². The summed E-state index contributed by atoms with van der Waals surface area (Å²) in [6.45, 7) is 0.332. The molecule has 3 rings (SSSR count). The van der Waals surface area contributed by atoms with Crippen LogP contribution in [0.25, 0.3) is 6.08 Å². The van der Waals surface area contributed by atoms with E-state index in [0.717, 1.165) is 11.1 Å². The Bertz CT molecular complexity index is 912. The molecular formula is C19H16Cl2N2O2S. The predicted octanol–water partition coefficient (Wildman–Crippen LogP) is 5.10. The topological polar surface area (TPSA) is 41.9 Å². The van der Waals surface area contributed by atoms with Crippen LogP contribution < -0.4 is 4.74 Å². The molecule has 0 unspecified atom stereocenters. The molecule has 0 spiro atoms. The molecule has 2 aromatic rings. The van der Waals surface area contributed by atoms with Crippen LogP contribution in [0.3, 0.4) is 0 Å². The van der Waals surface area contributed by atoms with Crippen molar-refractivity contribution in [2.24, 2.45) is 4.99 Å². The Morgan fingerprint density at radius 2 is 2.04 bits per heavy atom. The Morgan fingerprint density at radius 1 is 1.23 bits per heavy atom. The number of likely N-dealkylation sites (N-methyl/N-ethyl adjacent to an activating group) is 1. The molecule has 1 heterocycles. The van der Waals surface area contributed by atoms with E-state index in [1.54, 1.807) is 31.1 Å². The Labute approximate surface area is 166 Å². The average Bonchev–Trinajstić information content (AvgIpc) is 2.89. The first-order valence-corrected chi connectivity index (χ1v) is 9.36. The van der Waals surface area contributed by atoms with Crippen molar-refractivity contribution in [1.82, 2.24) is 4.90 Å². The second-order valence-electron chi connectivity index (χ2n) is 5.58. The highest BCUT2D eigenvalue weighted by molar-refractivity contribution is 8.18.